The summed E-state index contributed by atoms with van der Waals surface area (Å²) in [5.74, 6) is -4.38. The maximum atomic E-state index is 12.7. The second-order valence-corrected chi connectivity index (χ2v) is 3.40. The van der Waals surface area contributed by atoms with Crippen LogP contribution in [0.2, 0.25) is 0 Å². The van der Waals surface area contributed by atoms with Crippen molar-refractivity contribution in [1.29, 1.82) is 0 Å². The van der Waals surface area contributed by atoms with Crippen LogP contribution in [-0.4, -0.2) is 12.7 Å². The highest BCUT2D eigenvalue weighted by molar-refractivity contribution is 5.43. The van der Waals surface area contributed by atoms with Crippen LogP contribution in [0.5, 0.6) is 0 Å². The molecule has 1 aromatic carbocycles. The molecule has 0 saturated heterocycles. The van der Waals surface area contributed by atoms with Gasteiger partial charge in [-0.3, -0.25) is 0 Å². The Morgan fingerprint density at radius 1 is 1.00 bits per heavy atom. The maximum Gasteiger partial charge on any atom is 0.389 e. The van der Waals surface area contributed by atoms with Crippen LogP contribution in [-0.2, 0) is 0 Å². The summed E-state index contributed by atoms with van der Waals surface area (Å²) in [7, 11) is 0. The van der Waals surface area contributed by atoms with E-state index in [9.17, 15) is 26.3 Å². The van der Waals surface area contributed by atoms with Gasteiger partial charge in [-0.15, -0.1) is 0 Å². The van der Waals surface area contributed by atoms with E-state index in [4.69, 9.17) is 0 Å². The number of nitrogens with one attached hydrogen (secondary N) is 1. The molecule has 7 heteroatoms. The van der Waals surface area contributed by atoms with Gasteiger partial charge in [-0.25, -0.2) is 13.2 Å². The van der Waals surface area contributed by atoms with E-state index < -0.39 is 30.0 Å². The molecule has 0 aromatic heterocycles. The number of halogens is 6. The van der Waals surface area contributed by atoms with Crippen molar-refractivity contribution in [3.8, 4) is 0 Å². The zero-order chi connectivity index (χ0) is 13.1. The van der Waals surface area contributed by atoms with Gasteiger partial charge in [-0.05, 0) is 6.42 Å². The minimum absolute atomic E-state index is 0.0939. The first kappa shape index (κ1) is 13.7. The van der Waals surface area contributed by atoms with E-state index in [1.807, 2.05) is 0 Å². The van der Waals surface area contributed by atoms with Crippen molar-refractivity contribution < 1.29 is 26.3 Å². The summed E-state index contributed by atoms with van der Waals surface area (Å²) in [4.78, 5) is 0. The number of rotatable bonds is 4. The molecule has 0 spiro atoms. The van der Waals surface area contributed by atoms with Gasteiger partial charge in [0, 0.05) is 30.8 Å². The smallest absolute Gasteiger partial charge is 0.385 e. The highest BCUT2D eigenvalue weighted by Crippen LogP contribution is 2.22. The van der Waals surface area contributed by atoms with Gasteiger partial charge in [0.1, 0.15) is 0 Å². The topological polar surface area (TPSA) is 12.0 Å². The molecule has 0 heterocycles. The molecule has 1 N–H and O–H groups in total. The van der Waals surface area contributed by atoms with Crippen molar-refractivity contribution in [2.45, 2.75) is 19.0 Å². The fraction of sp³-hybridized carbons (Fsp3) is 0.400. The molecule has 1 rings (SSSR count). The van der Waals surface area contributed by atoms with Crippen LogP contribution >= 0.6 is 0 Å². The summed E-state index contributed by atoms with van der Waals surface area (Å²) >= 11 is 0. The molecular weight excluding hydrogens is 248 g/mol. The summed E-state index contributed by atoms with van der Waals surface area (Å²) in [6.07, 6.45) is -5.49. The molecule has 0 unspecified atom stereocenters. The average Bonchev–Trinajstić information content (AvgIpc) is 2.19. The Morgan fingerprint density at radius 3 is 2.00 bits per heavy atom. The van der Waals surface area contributed by atoms with Gasteiger partial charge in [-0.1, -0.05) is 0 Å². The molecule has 0 atom stereocenters. The van der Waals surface area contributed by atoms with Gasteiger partial charge in [0.15, 0.2) is 17.5 Å². The van der Waals surface area contributed by atoms with E-state index in [-0.39, 0.29) is 18.7 Å². The lowest BCUT2D eigenvalue weighted by Gasteiger charge is -2.09. The van der Waals surface area contributed by atoms with Gasteiger partial charge in [0.05, 0.1) is 0 Å². The number of hydrogen-bond acceptors (Lipinski definition) is 1. The van der Waals surface area contributed by atoms with E-state index in [2.05, 4.69) is 5.32 Å². The summed E-state index contributed by atoms with van der Waals surface area (Å²) in [6, 6.07) is 1.37. The highest BCUT2D eigenvalue weighted by Gasteiger charge is 2.25. The second-order valence-electron chi connectivity index (χ2n) is 3.40. The lowest BCUT2D eigenvalue weighted by Crippen LogP contribution is -2.11. The third kappa shape index (κ3) is 4.54. The molecule has 0 aliphatic carbocycles. The molecular formula is C10H9F6N. The van der Waals surface area contributed by atoms with Crippen molar-refractivity contribution in [2.24, 2.45) is 0 Å². The van der Waals surface area contributed by atoms with Crippen LogP contribution in [0.3, 0.4) is 0 Å². The quantitative estimate of drug-likeness (QED) is 0.490. The zero-order valence-corrected chi connectivity index (χ0v) is 8.54. The lowest BCUT2D eigenvalue weighted by atomic mass is 10.2. The van der Waals surface area contributed by atoms with Crippen LogP contribution < -0.4 is 5.32 Å². The Hall–Kier alpha value is -1.40. The second kappa shape index (κ2) is 5.29. The molecule has 0 bridgehead atoms. The molecule has 0 aliphatic rings. The first-order valence-electron chi connectivity index (χ1n) is 4.75. The normalized spacial score (nSPS) is 11.6. The third-order valence-electron chi connectivity index (χ3n) is 1.95. The molecule has 0 aliphatic heterocycles. The summed E-state index contributed by atoms with van der Waals surface area (Å²) in [5, 5.41) is 2.38. The molecule has 96 valence electrons. The molecule has 0 amide bonds. The van der Waals surface area contributed by atoms with Crippen LogP contribution in [0.4, 0.5) is 32.0 Å². The number of alkyl halides is 3. The van der Waals surface area contributed by atoms with E-state index in [0.717, 1.165) is 0 Å². The fourth-order valence-corrected chi connectivity index (χ4v) is 1.18. The summed E-state index contributed by atoms with van der Waals surface area (Å²) in [6.45, 7) is -0.107. The van der Waals surface area contributed by atoms with Gasteiger partial charge in [0.2, 0.25) is 0 Å². The standard InChI is InChI=1S/C10H9F6N/c11-7-4-6(5-8(12)9(7)13)17-3-1-2-10(14,15)16/h4-5,17H,1-3H2. The molecule has 0 radical (unpaired) electrons. The first-order valence-corrected chi connectivity index (χ1v) is 4.75. The zero-order valence-electron chi connectivity index (χ0n) is 8.54. The van der Waals surface area contributed by atoms with Crippen molar-refractivity contribution >= 4 is 5.69 Å². The van der Waals surface area contributed by atoms with Crippen molar-refractivity contribution in [1.82, 2.24) is 0 Å². The summed E-state index contributed by atoms with van der Waals surface area (Å²) in [5.41, 5.74) is -0.0939. The first-order chi connectivity index (χ1) is 7.79. The minimum atomic E-state index is -4.26. The third-order valence-corrected chi connectivity index (χ3v) is 1.95. The predicted octanol–water partition coefficient (Wildman–Crippen LogP) is 3.86. The van der Waals surface area contributed by atoms with E-state index in [0.29, 0.717) is 12.1 Å². The Labute approximate surface area is 93.4 Å². The van der Waals surface area contributed by atoms with E-state index in [1.54, 1.807) is 0 Å². The van der Waals surface area contributed by atoms with Gasteiger partial charge in [0.25, 0.3) is 0 Å². The van der Waals surface area contributed by atoms with E-state index >= 15 is 0 Å². The van der Waals surface area contributed by atoms with Gasteiger partial charge >= 0.3 is 6.18 Å². The van der Waals surface area contributed by atoms with Crippen molar-refractivity contribution in [2.75, 3.05) is 11.9 Å². The minimum Gasteiger partial charge on any atom is -0.385 e. The Balaban J connectivity index is 2.48. The van der Waals surface area contributed by atoms with Crippen LogP contribution in [0.15, 0.2) is 12.1 Å². The highest BCUT2D eigenvalue weighted by atomic mass is 19.4. The largest absolute Gasteiger partial charge is 0.389 e. The molecule has 1 aromatic rings. The average molecular weight is 257 g/mol. The van der Waals surface area contributed by atoms with Crippen LogP contribution in [0, 0.1) is 17.5 Å². The molecule has 0 fully saturated rings. The predicted molar refractivity (Wildman–Crippen MR) is 50.1 cm³/mol. The van der Waals surface area contributed by atoms with Gasteiger partial charge in [-0.2, -0.15) is 13.2 Å². The number of benzene rings is 1. The lowest BCUT2D eigenvalue weighted by molar-refractivity contribution is -0.134. The van der Waals surface area contributed by atoms with Crippen molar-refractivity contribution in [3.05, 3.63) is 29.6 Å². The van der Waals surface area contributed by atoms with E-state index in [1.165, 1.54) is 0 Å². The van der Waals surface area contributed by atoms with Crippen LogP contribution in [0.1, 0.15) is 12.8 Å². The Bertz CT molecular complexity index is 364. The van der Waals surface area contributed by atoms with Crippen molar-refractivity contribution in [3.63, 3.8) is 0 Å². The monoisotopic (exact) mass is 257 g/mol. The fourth-order valence-electron chi connectivity index (χ4n) is 1.18. The number of hydrogen-bond donors (Lipinski definition) is 1. The Kier molecular flexibility index (Phi) is 4.25. The maximum absolute atomic E-state index is 12.7. The van der Waals surface area contributed by atoms with Crippen LogP contribution in [0.25, 0.3) is 0 Å². The summed E-state index contributed by atoms with van der Waals surface area (Å²) < 4.78 is 73.2. The SMILES string of the molecule is Fc1cc(NCCCC(F)(F)F)cc(F)c1F. The number of anilines is 1. The molecule has 0 saturated carbocycles. The molecule has 17 heavy (non-hydrogen) atoms. The molecule has 1 nitrogen and oxygen atoms in total. The Morgan fingerprint density at radius 2 is 1.53 bits per heavy atom. The van der Waals surface area contributed by atoms with Gasteiger partial charge < -0.3 is 5.32 Å².